The molecule has 2 nitrogen and oxygen atoms in total. The lowest BCUT2D eigenvalue weighted by molar-refractivity contribution is -0.128. The molecule has 0 bridgehead atoms. The van der Waals surface area contributed by atoms with E-state index in [4.69, 9.17) is 0 Å². The van der Waals surface area contributed by atoms with E-state index in [0.717, 1.165) is 12.7 Å². The van der Waals surface area contributed by atoms with Crippen LogP contribution in [-0.2, 0) is 9.59 Å². The van der Waals surface area contributed by atoms with Crippen LogP contribution in [0.3, 0.4) is 0 Å². The van der Waals surface area contributed by atoms with Crippen molar-refractivity contribution in [1.82, 2.24) is 0 Å². The summed E-state index contributed by atoms with van der Waals surface area (Å²) in [4.78, 5) is 23.3. The molecule has 3 aliphatic rings. The molecule has 0 saturated heterocycles. The van der Waals surface area contributed by atoms with E-state index in [9.17, 15) is 9.59 Å². The Hall–Kier alpha value is -0.190. The normalized spacial score (nSPS) is 58.1. The van der Waals surface area contributed by atoms with Gasteiger partial charge in [-0.1, -0.05) is 42.5 Å². The van der Waals surface area contributed by atoms with Crippen molar-refractivity contribution in [2.75, 3.05) is 0 Å². The zero-order valence-electron chi connectivity index (χ0n) is 8.84. The highest BCUT2D eigenvalue weighted by Crippen LogP contribution is 3.00. The second-order valence-corrected chi connectivity index (χ2v) is 7.21. The topological polar surface area (TPSA) is 34.1 Å². The number of carbonyl (C=O) groups is 2. The third-order valence-corrected chi connectivity index (χ3v) is 8.16. The highest BCUT2D eigenvalue weighted by atomic mass is 127. The van der Waals surface area contributed by atoms with Gasteiger partial charge in [-0.3, -0.25) is 4.79 Å². The maximum Gasteiger partial charge on any atom is 0.160 e. The smallest absolute Gasteiger partial charge is 0.160 e. The molecule has 3 saturated carbocycles. The summed E-state index contributed by atoms with van der Waals surface area (Å²) in [5.41, 5.74) is -0.139. The monoisotopic (exact) mass is 316 g/mol. The van der Waals surface area contributed by atoms with Crippen LogP contribution in [-0.4, -0.2) is 15.5 Å². The van der Waals surface area contributed by atoms with Crippen LogP contribution in [0.5, 0.6) is 0 Å². The van der Waals surface area contributed by atoms with Crippen molar-refractivity contribution in [3.63, 3.8) is 0 Å². The number of halogens is 1. The summed E-state index contributed by atoms with van der Waals surface area (Å²) in [6.45, 7) is 8.13. The summed E-state index contributed by atoms with van der Waals surface area (Å²) in [5.74, 6) is -0.297. The Morgan fingerprint density at radius 3 is 2.60 bits per heavy atom. The van der Waals surface area contributed by atoms with Gasteiger partial charge in [-0.25, -0.2) is 0 Å². The van der Waals surface area contributed by atoms with Crippen molar-refractivity contribution < 1.29 is 9.59 Å². The Morgan fingerprint density at radius 2 is 2.13 bits per heavy atom. The standard InChI is InChI=1S/C12H13IO2/c1-4-10-6-11(10)9(2,3)12(11,13)8(15)7(10)5-14/h4-5,7H,1,6H2,2-3H3. The van der Waals surface area contributed by atoms with Gasteiger partial charge in [0, 0.05) is 10.8 Å². The molecule has 3 aliphatic carbocycles. The highest BCUT2D eigenvalue weighted by molar-refractivity contribution is 14.1. The van der Waals surface area contributed by atoms with Gasteiger partial charge in [0.05, 0.1) is 9.34 Å². The number of alkyl halides is 1. The van der Waals surface area contributed by atoms with Crippen LogP contribution < -0.4 is 0 Å². The fourth-order valence-electron chi connectivity index (χ4n) is 4.45. The third kappa shape index (κ3) is 0.557. The van der Waals surface area contributed by atoms with Crippen LogP contribution in [0.4, 0.5) is 0 Å². The summed E-state index contributed by atoms with van der Waals surface area (Å²) < 4.78 is -0.308. The molecular formula is C12H13IO2. The van der Waals surface area contributed by atoms with Crippen molar-refractivity contribution in [1.29, 1.82) is 0 Å². The molecule has 0 aliphatic heterocycles. The molecule has 1 spiro atoms. The molecule has 3 fully saturated rings. The van der Waals surface area contributed by atoms with Crippen molar-refractivity contribution >= 4 is 34.7 Å². The van der Waals surface area contributed by atoms with Gasteiger partial charge in [-0.05, 0) is 11.8 Å². The number of Topliss-reactive ketones (excluding diaryl/α,β-unsaturated/α-hetero) is 1. The molecule has 0 radical (unpaired) electrons. The van der Waals surface area contributed by atoms with E-state index >= 15 is 0 Å². The lowest BCUT2D eigenvalue weighted by Crippen LogP contribution is -2.32. The molecule has 0 aromatic heterocycles. The third-order valence-electron chi connectivity index (χ3n) is 5.36. The van der Waals surface area contributed by atoms with Gasteiger partial charge in [-0.15, -0.1) is 6.58 Å². The second-order valence-electron chi connectivity index (χ2n) is 5.59. The average Bonchev–Trinajstić information content (AvgIpc) is 2.95. The largest absolute Gasteiger partial charge is 0.303 e. The van der Waals surface area contributed by atoms with Gasteiger partial charge in [0.15, 0.2) is 5.78 Å². The Balaban J connectivity index is 2.21. The Morgan fingerprint density at radius 1 is 1.53 bits per heavy atom. The second kappa shape index (κ2) is 2.11. The van der Waals surface area contributed by atoms with E-state index in [-0.39, 0.29) is 25.4 Å². The number of allylic oxidation sites excluding steroid dienone is 1. The van der Waals surface area contributed by atoms with E-state index in [0.29, 0.717) is 0 Å². The molecule has 0 heterocycles. The van der Waals surface area contributed by atoms with Crippen LogP contribution in [0.25, 0.3) is 0 Å². The molecular weight excluding hydrogens is 303 g/mol. The van der Waals surface area contributed by atoms with Crippen molar-refractivity contribution in [3.8, 4) is 0 Å². The van der Waals surface area contributed by atoms with Crippen molar-refractivity contribution in [2.24, 2.45) is 22.2 Å². The zero-order valence-corrected chi connectivity index (χ0v) is 11.0. The quantitative estimate of drug-likeness (QED) is 0.257. The predicted molar refractivity (Wildman–Crippen MR) is 64.8 cm³/mol. The molecule has 4 unspecified atom stereocenters. The SMILES string of the molecule is C=CC12CC13C(C)(C)C3(I)C(=O)C2C=O. The number of rotatable bonds is 2. The molecule has 0 aromatic rings. The lowest BCUT2D eigenvalue weighted by Gasteiger charge is -2.20. The van der Waals surface area contributed by atoms with Gasteiger partial charge < -0.3 is 4.79 Å². The molecule has 0 aromatic carbocycles. The van der Waals surface area contributed by atoms with E-state index < -0.39 is 5.92 Å². The first kappa shape index (κ1) is 10.00. The highest BCUT2D eigenvalue weighted by Gasteiger charge is 3.04. The fourth-order valence-corrected chi connectivity index (χ4v) is 6.48. The number of ketones is 1. The van der Waals surface area contributed by atoms with E-state index in [1.165, 1.54) is 0 Å². The van der Waals surface area contributed by atoms with Gasteiger partial charge in [0.1, 0.15) is 6.29 Å². The molecule has 0 N–H and O–H groups in total. The van der Waals surface area contributed by atoms with Gasteiger partial charge in [0.25, 0.3) is 0 Å². The first-order valence-electron chi connectivity index (χ1n) is 5.19. The van der Waals surface area contributed by atoms with Crippen LogP contribution in [0, 0.1) is 22.2 Å². The first-order chi connectivity index (χ1) is 6.87. The van der Waals surface area contributed by atoms with Gasteiger partial charge in [0.2, 0.25) is 0 Å². The lowest BCUT2D eigenvalue weighted by atomic mass is 9.83. The van der Waals surface area contributed by atoms with Crippen molar-refractivity contribution in [2.45, 2.75) is 23.7 Å². The van der Waals surface area contributed by atoms with Gasteiger partial charge >= 0.3 is 0 Å². The first-order valence-corrected chi connectivity index (χ1v) is 6.27. The van der Waals surface area contributed by atoms with Gasteiger partial charge in [-0.2, -0.15) is 0 Å². The number of hydrogen-bond donors (Lipinski definition) is 0. The summed E-state index contributed by atoms with van der Waals surface area (Å²) in [7, 11) is 0. The van der Waals surface area contributed by atoms with E-state index in [1.54, 1.807) is 0 Å². The molecule has 0 amide bonds. The van der Waals surface area contributed by atoms with Crippen molar-refractivity contribution in [3.05, 3.63) is 12.7 Å². The minimum Gasteiger partial charge on any atom is -0.303 e. The molecule has 4 atom stereocenters. The maximum absolute atomic E-state index is 12.2. The maximum atomic E-state index is 12.2. The molecule has 3 rings (SSSR count). The molecule has 15 heavy (non-hydrogen) atoms. The number of carbonyl (C=O) groups excluding carboxylic acids is 2. The van der Waals surface area contributed by atoms with Crippen LogP contribution in [0.1, 0.15) is 20.3 Å². The Bertz CT molecular complexity index is 427. The summed E-state index contributed by atoms with van der Waals surface area (Å²) in [6.07, 6.45) is 3.66. The zero-order chi connectivity index (χ0) is 11.3. The van der Waals surface area contributed by atoms with E-state index in [1.807, 2.05) is 6.08 Å². The predicted octanol–water partition coefficient (Wildman–Crippen LogP) is 2.16. The Labute approximate surface area is 103 Å². The minimum absolute atomic E-state index is 0.0331. The van der Waals surface area contributed by atoms with E-state index in [2.05, 4.69) is 43.0 Å². The Kier molecular flexibility index (Phi) is 1.40. The number of hydrogen-bond acceptors (Lipinski definition) is 2. The molecule has 80 valence electrons. The summed E-state index contributed by atoms with van der Waals surface area (Å²) in [6, 6.07) is 0. The average molecular weight is 316 g/mol. The summed E-state index contributed by atoms with van der Waals surface area (Å²) >= 11 is 2.28. The van der Waals surface area contributed by atoms with Crippen LogP contribution in [0.2, 0.25) is 0 Å². The minimum atomic E-state index is -0.431. The fraction of sp³-hybridized carbons (Fsp3) is 0.667. The summed E-state index contributed by atoms with van der Waals surface area (Å²) in [5, 5.41) is 0. The van der Waals surface area contributed by atoms with Crippen LogP contribution in [0.15, 0.2) is 12.7 Å². The number of aldehydes is 1. The molecule has 3 heteroatoms. The van der Waals surface area contributed by atoms with Crippen LogP contribution >= 0.6 is 22.6 Å².